The van der Waals surface area contributed by atoms with Crippen molar-refractivity contribution >= 4 is 22.3 Å². The van der Waals surface area contributed by atoms with Gasteiger partial charge in [-0.15, -0.1) is 17.8 Å². The van der Waals surface area contributed by atoms with Gasteiger partial charge in [-0.2, -0.15) is 5.26 Å². The van der Waals surface area contributed by atoms with Crippen LogP contribution in [0, 0.1) is 37.5 Å². The van der Waals surface area contributed by atoms with Gasteiger partial charge in [0.05, 0.1) is 18.5 Å². The van der Waals surface area contributed by atoms with Crippen LogP contribution in [0.25, 0.3) is 0 Å². The van der Waals surface area contributed by atoms with Crippen LogP contribution in [-0.4, -0.2) is 24.2 Å². The van der Waals surface area contributed by atoms with Gasteiger partial charge in [0.2, 0.25) is 0 Å². The highest BCUT2D eigenvalue weighted by Crippen LogP contribution is 2.34. The van der Waals surface area contributed by atoms with Crippen LogP contribution in [0.5, 0.6) is 0 Å². The lowest BCUT2D eigenvalue weighted by atomic mass is 10.2. The third-order valence-electron chi connectivity index (χ3n) is 2.64. The molecule has 5 heteroatoms. The van der Waals surface area contributed by atoms with Gasteiger partial charge in [0.15, 0.2) is 0 Å². The summed E-state index contributed by atoms with van der Waals surface area (Å²) >= 11 is 1.48. The highest BCUT2D eigenvalue weighted by molar-refractivity contribution is 7.16. The third-order valence-corrected chi connectivity index (χ3v) is 3.91. The van der Waals surface area contributed by atoms with E-state index in [1.165, 1.54) is 11.3 Å². The van der Waals surface area contributed by atoms with Crippen molar-refractivity contribution in [3.63, 3.8) is 0 Å². The van der Waals surface area contributed by atoms with Crippen LogP contribution in [-0.2, 0) is 4.79 Å². The Hall–Kier alpha value is -1.98. The normalized spacial score (nSPS) is 9.56. The Bertz CT molecular complexity index is 534. The lowest BCUT2D eigenvalue weighted by Gasteiger charge is -2.20. The van der Waals surface area contributed by atoms with Crippen LogP contribution in [0.1, 0.15) is 22.4 Å². The Morgan fingerprint density at radius 1 is 1.56 bits per heavy atom. The predicted molar refractivity (Wildman–Crippen MR) is 71.8 cm³/mol. The van der Waals surface area contributed by atoms with Gasteiger partial charge in [-0.1, -0.05) is 5.92 Å². The lowest BCUT2D eigenvalue weighted by Crippen LogP contribution is -2.26. The second-order valence-corrected chi connectivity index (χ2v) is 5.05. The zero-order chi connectivity index (χ0) is 13.7. The second-order valence-electron chi connectivity index (χ2n) is 3.84. The first kappa shape index (κ1) is 14.1. The lowest BCUT2D eigenvalue weighted by molar-refractivity contribution is -0.136. The fourth-order valence-corrected chi connectivity index (χ4v) is 2.69. The number of carbonyl (C=O) groups is 1. The Labute approximate surface area is 110 Å². The van der Waals surface area contributed by atoms with Crippen molar-refractivity contribution in [3.05, 3.63) is 16.0 Å². The Morgan fingerprint density at radius 3 is 2.72 bits per heavy atom. The van der Waals surface area contributed by atoms with Crippen molar-refractivity contribution in [2.24, 2.45) is 0 Å². The van der Waals surface area contributed by atoms with E-state index in [4.69, 9.17) is 16.8 Å². The number of rotatable bonds is 5. The number of hydrogen-bond acceptors (Lipinski definition) is 4. The molecule has 0 saturated carbocycles. The van der Waals surface area contributed by atoms with E-state index in [0.29, 0.717) is 18.7 Å². The molecule has 0 aromatic carbocycles. The topological polar surface area (TPSA) is 64.3 Å². The molecule has 0 aliphatic heterocycles. The zero-order valence-electron chi connectivity index (χ0n) is 10.4. The summed E-state index contributed by atoms with van der Waals surface area (Å²) in [4.78, 5) is 13.5. The third kappa shape index (κ3) is 3.03. The number of carboxylic acids is 1. The number of thiophene rings is 1. The molecule has 0 amide bonds. The van der Waals surface area contributed by atoms with E-state index in [2.05, 4.69) is 12.0 Å². The quantitative estimate of drug-likeness (QED) is 0.826. The maximum atomic E-state index is 10.6. The average molecular weight is 262 g/mol. The molecule has 0 fully saturated rings. The molecule has 1 aromatic rings. The highest BCUT2D eigenvalue weighted by atomic mass is 32.1. The molecule has 1 N–H and O–H groups in total. The summed E-state index contributed by atoms with van der Waals surface area (Å²) in [5.41, 5.74) is 1.54. The van der Waals surface area contributed by atoms with E-state index in [1.54, 1.807) is 4.90 Å². The summed E-state index contributed by atoms with van der Waals surface area (Å²) in [6.45, 7) is 4.45. The molecule has 0 aliphatic carbocycles. The Balaban J connectivity index is 3.06. The van der Waals surface area contributed by atoms with Gasteiger partial charge in [0, 0.05) is 11.4 Å². The van der Waals surface area contributed by atoms with Gasteiger partial charge in [0.25, 0.3) is 0 Å². The van der Waals surface area contributed by atoms with E-state index < -0.39 is 5.97 Å². The molecule has 0 atom stereocenters. The van der Waals surface area contributed by atoms with E-state index in [0.717, 1.165) is 15.4 Å². The van der Waals surface area contributed by atoms with Gasteiger partial charge in [-0.25, -0.2) is 0 Å². The fourth-order valence-electron chi connectivity index (χ4n) is 1.56. The van der Waals surface area contributed by atoms with E-state index >= 15 is 0 Å². The smallest absolute Gasteiger partial charge is 0.305 e. The molecule has 4 nitrogen and oxygen atoms in total. The van der Waals surface area contributed by atoms with Gasteiger partial charge < -0.3 is 10.0 Å². The Kier molecular flexibility index (Phi) is 4.76. The molecule has 0 spiro atoms. The van der Waals surface area contributed by atoms with Crippen molar-refractivity contribution in [2.45, 2.75) is 20.3 Å². The molecule has 0 aliphatic rings. The minimum atomic E-state index is -0.875. The first-order chi connectivity index (χ1) is 8.51. The molecular weight excluding hydrogens is 248 g/mol. The van der Waals surface area contributed by atoms with Crippen LogP contribution in [0.2, 0.25) is 0 Å². The van der Waals surface area contributed by atoms with Gasteiger partial charge in [0.1, 0.15) is 11.1 Å². The van der Waals surface area contributed by atoms with Crippen molar-refractivity contribution < 1.29 is 9.90 Å². The van der Waals surface area contributed by atoms with Crippen LogP contribution in [0.4, 0.5) is 5.00 Å². The van der Waals surface area contributed by atoms with E-state index in [-0.39, 0.29) is 6.42 Å². The molecule has 0 saturated heterocycles. The molecule has 0 bridgehead atoms. The number of terminal acetylenes is 1. The van der Waals surface area contributed by atoms with Crippen LogP contribution < -0.4 is 4.90 Å². The summed E-state index contributed by atoms with van der Waals surface area (Å²) < 4.78 is 0. The van der Waals surface area contributed by atoms with Crippen molar-refractivity contribution in [3.8, 4) is 18.4 Å². The summed E-state index contributed by atoms with van der Waals surface area (Å²) in [6.07, 6.45) is 5.29. The molecule has 1 aromatic heterocycles. The summed E-state index contributed by atoms with van der Waals surface area (Å²) in [5.74, 6) is 1.63. The fraction of sp³-hybridized carbons (Fsp3) is 0.385. The maximum Gasteiger partial charge on any atom is 0.305 e. The summed E-state index contributed by atoms with van der Waals surface area (Å²) in [7, 11) is 0. The van der Waals surface area contributed by atoms with Gasteiger partial charge >= 0.3 is 5.97 Å². The molecule has 18 heavy (non-hydrogen) atoms. The highest BCUT2D eigenvalue weighted by Gasteiger charge is 2.18. The maximum absolute atomic E-state index is 10.6. The minimum Gasteiger partial charge on any atom is -0.481 e. The SMILES string of the molecule is C#CCN(CCC(=O)O)c1sc(C)c(C)c1C#N. The number of nitriles is 1. The first-order valence-electron chi connectivity index (χ1n) is 5.41. The van der Waals surface area contributed by atoms with Crippen LogP contribution in [0.3, 0.4) is 0 Å². The van der Waals surface area contributed by atoms with Crippen LogP contribution >= 0.6 is 11.3 Å². The van der Waals surface area contributed by atoms with Crippen molar-refractivity contribution in [1.82, 2.24) is 0 Å². The zero-order valence-corrected chi connectivity index (χ0v) is 11.2. The van der Waals surface area contributed by atoms with Crippen molar-refractivity contribution in [2.75, 3.05) is 18.0 Å². The number of nitrogens with zero attached hydrogens (tertiary/aromatic N) is 2. The van der Waals surface area contributed by atoms with Crippen molar-refractivity contribution in [1.29, 1.82) is 5.26 Å². The minimum absolute atomic E-state index is 0.00252. The molecule has 1 rings (SSSR count). The first-order valence-corrected chi connectivity index (χ1v) is 6.23. The molecule has 1 heterocycles. The summed E-state index contributed by atoms with van der Waals surface area (Å²) in [6, 6.07) is 2.16. The number of hydrogen-bond donors (Lipinski definition) is 1. The number of carboxylic acid groups (broad SMARTS) is 1. The van der Waals surface area contributed by atoms with E-state index in [9.17, 15) is 4.79 Å². The largest absolute Gasteiger partial charge is 0.481 e. The van der Waals surface area contributed by atoms with Gasteiger partial charge in [-0.05, 0) is 19.4 Å². The number of anilines is 1. The number of aliphatic carboxylic acids is 1. The Morgan fingerprint density at radius 2 is 2.22 bits per heavy atom. The standard InChI is InChI=1S/C13H14N2O2S/c1-4-6-15(7-5-12(16)17)13-11(8-14)9(2)10(3)18-13/h1H,5-7H2,2-3H3,(H,16,17). The number of aryl methyl sites for hydroxylation is 1. The van der Waals surface area contributed by atoms with E-state index in [1.807, 2.05) is 13.8 Å². The summed E-state index contributed by atoms with van der Waals surface area (Å²) in [5, 5.41) is 18.7. The second kappa shape index (κ2) is 6.09. The van der Waals surface area contributed by atoms with Crippen LogP contribution in [0.15, 0.2) is 0 Å². The van der Waals surface area contributed by atoms with Gasteiger partial charge in [-0.3, -0.25) is 4.79 Å². The monoisotopic (exact) mass is 262 g/mol. The molecule has 94 valence electrons. The molecular formula is C13H14N2O2S. The molecule has 0 radical (unpaired) electrons. The predicted octanol–water partition coefficient (Wildman–Crippen LogP) is 2.15. The molecule has 0 unspecified atom stereocenters. The average Bonchev–Trinajstić information content (AvgIpc) is 2.60.